The van der Waals surface area contributed by atoms with E-state index in [0.717, 1.165) is 28.6 Å². The van der Waals surface area contributed by atoms with Crippen molar-refractivity contribution in [3.05, 3.63) is 57.5 Å². The molecular formula is C16H15BrClNO. The van der Waals surface area contributed by atoms with Gasteiger partial charge in [-0.05, 0) is 64.7 Å². The van der Waals surface area contributed by atoms with Gasteiger partial charge in [-0.25, -0.2) is 0 Å². The monoisotopic (exact) mass is 351 g/mol. The van der Waals surface area contributed by atoms with Gasteiger partial charge in [0.05, 0.1) is 4.47 Å². The van der Waals surface area contributed by atoms with E-state index in [1.165, 1.54) is 18.4 Å². The Hall–Kier alpha value is -1.03. The van der Waals surface area contributed by atoms with E-state index in [9.17, 15) is 0 Å². The van der Waals surface area contributed by atoms with Crippen molar-refractivity contribution in [1.82, 2.24) is 5.32 Å². The van der Waals surface area contributed by atoms with Crippen molar-refractivity contribution >= 4 is 27.5 Å². The van der Waals surface area contributed by atoms with E-state index in [1.807, 2.05) is 24.3 Å². The van der Waals surface area contributed by atoms with E-state index < -0.39 is 0 Å². The Kier molecular flexibility index (Phi) is 4.29. The summed E-state index contributed by atoms with van der Waals surface area (Å²) in [5, 5.41) is 4.17. The first-order valence-corrected chi connectivity index (χ1v) is 7.83. The molecule has 104 valence electrons. The van der Waals surface area contributed by atoms with E-state index in [0.29, 0.717) is 5.02 Å². The molecule has 1 N–H and O–H groups in total. The van der Waals surface area contributed by atoms with Gasteiger partial charge in [-0.3, -0.25) is 0 Å². The fourth-order valence-corrected chi connectivity index (χ4v) is 2.63. The van der Waals surface area contributed by atoms with Gasteiger partial charge >= 0.3 is 0 Å². The van der Waals surface area contributed by atoms with Crippen LogP contribution in [0.1, 0.15) is 18.4 Å². The summed E-state index contributed by atoms with van der Waals surface area (Å²) in [5.74, 6) is 1.53. The van der Waals surface area contributed by atoms with Crippen LogP contribution in [0, 0.1) is 0 Å². The fourth-order valence-electron chi connectivity index (χ4n) is 1.94. The minimum absolute atomic E-state index is 0.670. The molecule has 1 aliphatic rings. The van der Waals surface area contributed by atoms with E-state index in [4.69, 9.17) is 16.3 Å². The molecule has 0 aromatic heterocycles. The molecule has 0 bridgehead atoms. The Bertz CT molecular complexity index is 613. The third-order valence-corrected chi connectivity index (χ3v) is 4.05. The Morgan fingerprint density at radius 3 is 2.75 bits per heavy atom. The minimum Gasteiger partial charge on any atom is -0.456 e. The van der Waals surface area contributed by atoms with Crippen LogP contribution >= 0.6 is 27.5 Å². The SMILES string of the molecule is Clc1cccc(Oc2ccc(CNC3CC3)cc2Br)c1. The second kappa shape index (κ2) is 6.17. The highest BCUT2D eigenvalue weighted by atomic mass is 79.9. The predicted molar refractivity (Wildman–Crippen MR) is 85.5 cm³/mol. The molecule has 0 radical (unpaired) electrons. The van der Waals surface area contributed by atoms with Crippen LogP contribution in [0.5, 0.6) is 11.5 Å². The van der Waals surface area contributed by atoms with Crippen molar-refractivity contribution in [3.8, 4) is 11.5 Å². The van der Waals surface area contributed by atoms with E-state index in [2.05, 4.69) is 33.4 Å². The Morgan fingerprint density at radius 1 is 1.20 bits per heavy atom. The molecule has 0 atom stereocenters. The second-order valence-corrected chi connectivity index (χ2v) is 6.27. The highest BCUT2D eigenvalue weighted by Gasteiger charge is 2.20. The van der Waals surface area contributed by atoms with Crippen molar-refractivity contribution in [2.24, 2.45) is 0 Å². The van der Waals surface area contributed by atoms with Crippen molar-refractivity contribution < 1.29 is 4.74 Å². The van der Waals surface area contributed by atoms with Crippen LogP contribution in [0.3, 0.4) is 0 Å². The Balaban J connectivity index is 1.69. The summed E-state index contributed by atoms with van der Waals surface area (Å²) >= 11 is 9.51. The standard InChI is InChI=1S/C16H15BrClNO/c17-15-8-11(10-19-13-5-6-13)4-7-16(15)20-14-3-1-2-12(18)9-14/h1-4,7-9,13,19H,5-6,10H2. The highest BCUT2D eigenvalue weighted by molar-refractivity contribution is 9.10. The third-order valence-electron chi connectivity index (χ3n) is 3.19. The number of benzene rings is 2. The zero-order valence-electron chi connectivity index (χ0n) is 10.9. The first-order valence-electron chi connectivity index (χ1n) is 6.66. The molecule has 4 heteroatoms. The van der Waals surface area contributed by atoms with Crippen LogP contribution in [0.25, 0.3) is 0 Å². The van der Waals surface area contributed by atoms with E-state index in [-0.39, 0.29) is 0 Å². The van der Waals surface area contributed by atoms with Gasteiger partial charge in [0.2, 0.25) is 0 Å². The summed E-state index contributed by atoms with van der Waals surface area (Å²) in [4.78, 5) is 0. The summed E-state index contributed by atoms with van der Waals surface area (Å²) in [7, 11) is 0. The van der Waals surface area contributed by atoms with Crippen LogP contribution in [0.15, 0.2) is 46.9 Å². The molecule has 0 spiro atoms. The topological polar surface area (TPSA) is 21.3 Å². The molecule has 20 heavy (non-hydrogen) atoms. The lowest BCUT2D eigenvalue weighted by molar-refractivity contribution is 0.479. The van der Waals surface area contributed by atoms with Gasteiger partial charge < -0.3 is 10.1 Å². The lowest BCUT2D eigenvalue weighted by Gasteiger charge is -2.10. The summed E-state index contributed by atoms with van der Waals surface area (Å²) in [6.45, 7) is 0.903. The molecule has 0 aliphatic heterocycles. The van der Waals surface area contributed by atoms with Crippen LogP contribution in [-0.4, -0.2) is 6.04 Å². The van der Waals surface area contributed by atoms with Gasteiger partial charge in [0, 0.05) is 17.6 Å². The zero-order chi connectivity index (χ0) is 13.9. The van der Waals surface area contributed by atoms with Gasteiger partial charge in [-0.15, -0.1) is 0 Å². The quantitative estimate of drug-likeness (QED) is 0.804. The highest BCUT2D eigenvalue weighted by Crippen LogP contribution is 2.31. The number of hydrogen-bond acceptors (Lipinski definition) is 2. The number of hydrogen-bond donors (Lipinski definition) is 1. The summed E-state index contributed by atoms with van der Waals surface area (Å²) in [6.07, 6.45) is 2.61. The number of ether oxygens (including phenoxy) is 1. The average Bonchev–Trinajstić information content (AvgIpc) is 3.23. The number of rotatable bonds is 5. The number of nitrogens with one attached hydrogen (secondary N) is 1. The molecule has 3 rings (SSSR count). The summed E-state index contributed by atoms with van der Waals surface area (Å²) < 4.78 is 6.78. The van der Waals surface area contributed by atoms with Crippen LogP contribution in [0.2, 0.25) is 5.02 Å². The normalized spacial score (nSPS) is 14.3. The van der Waals surface area contributed by atoms with Crippen molar-refractivity contribution in [2.45, 2.75) is 25.4 Å². The molecular weight excluding hydrogens is 338 g/mol. The zero-order valence-corrected chi connectivity index (χ0v) is 13.2. The molecule has 2 aromatic carbocycles. The lowest BCUT2D eigenvalue weighted by atomic mass is 10.2. The van der Waals surface area contributed by atoms with Crippen molar-refractivity contribution in [3.63, 3.8) is 0 Å². The summed E-state index contributed by atoms with van der Waals surface area (Å²) in [6, 6.07) is 14.3. The van der Waals surface area contributed by atoms with Crippen LogP contribution < -0.4 is 10.1 Å². The number of halogens is 2. The average molecular weight is 353 g/mol. The molecule has 0 amide bonds. The minimum atomic E-state index is 0.670. The van der Waals surface area contributed by atoms with Gasteiger partial charge in [0.1, 0.15) is 11.5 Å². The van der Waals surface area contributed by atoms with Crippen molar-refractivity contribution in [1.29, 1.82) is 0 Å². The second-order valence-electron chi connectivity index (χ2n) is 4.98. The van der Waals surface area contributed by atoms with Gasteiger partial charge in [-0.2, -0.15) is 0 Å². The lowest BCUT2D eigenvalue weighted by Crippen LogP contribution is -2.15. The Labute approximate surface area is 132 Å². The largest absolute Gasteiger partial charge is 0.456 e. The maximum absolute atomic E-state index is 5.95. The molecule has 2 aromatic rings. The van der Waals surface area contributed by atoms with Gasteiger partial charge in [0.25, 0.3) is 0 Å². The third kappa shape index (κ3) is 3.75. The molecule has 0 heterocycles. The molecule has 0 unspecified atom stereocenters. The van der Waals surface area contributed by atoms with Gasteiger partial charge in [0.15, 0.2) is 0 Å². The van der Waals surface area contributed by atoms with Crippen LogP contribution in [-0.2, 0) is 6.54 Å². The van der Waals surface area contributed by atoms with Crippen molar-refractivity contribution in [2.75, 3.05) is 0 Å². The first kappa shape index (κ1) is 13.9. The van der Waals surface area contributed by atoms with E-state index >= 15 is 0 Å². The molecule has 1 aliphatic carbocycles. The maximum atomic E-state index is 5.95. The fraction of sp³-hybridized carbons (Fsp3) is 0.250. The molecule has 1 saturated carbocycles. The van der Waals surface area contributed by atoms with Crippen LogP contribution in [0.4, 0.5) is 0 Å². The van der Waals surface area contributed by atoms with E-state index in [1.54, 1.807) is 6.07 Å². The predicted octanol–water partition coefficient (Wildman–Crippen LogP) is 5.15. The van der Waals surface area contributed by atoms with Gasteiger partial charge in [-0.1, -0.05) is 23.7 Å². The maximum Gasteiger partial charge on any atom is 0.141 e. The molecule has 0 saturated heterocycles. The molecule has 2 nitrogen and oxygen atoms in total. The summed E-state index contributed by atoms with van der Waals surface area (Å²) in [5.41, 5.74) is 1.25. The Morgan fingerprint density at radius 2 is 2.05 bits per heavy atom. The first-order chi connectivity index (χ1) is 9.70. The molecule has 1 fully saturated rings. The smallest absolute Gasteiger partial charge is 0.141 e.